The van der Waals surface area contributed by atoms with Gasteiger partial charge in [0.15, 0.2) is 5.13 Å². The van der Waals surface area contributed by atoms with Gasteiger partial charge in [0.05, 0.1) is 5.69 Å². The van der Waals surface area contributed by atoms with Crippen molar-refractivity contribution >= 4 is 28.3 Å². The molecule has 0 fully saturated rings. The highest BCUT2D eigenvalue weighted by atomic mass is 32.1. The molecule has 0 aliphatic carbocycles. The Morgan fingerprint density at radius 3 is 2.44 bits per heavy atom. The quantitative estimate of drug-likeness (QED) is 0.818. The fraction of sp³-hybridized carbons (Fsp3) is 0.353. The fourth-order valence-electron chi connectivity index (χ4n) is 2.09. The van der Waals surface area contributed by atoms with Crippen LogP contribution in [0.3, 0.4) is 0 Å². The molecule has 1 aromatic carbocycles. The van der Waals surface area contributed by atoms with Crippen LogP contribution in [-0.4, -0.2) is 60.3 Å². The zero-order chi connectivity index (χ0) is 18.4. The molecule has 0 atom stereocenters. The molecule has 0 spiro atoms. The molecule has 8 heteroatoms. The number of anilines is 1. The Labute approximate surface area is 150 Å². The number of aromatic nitrogens is 1. The molecule has 134 valence electrons. The molecule has 1 aromatic heterocycles. The van der Waals surface area contributed by atoms with Crippen LogP contribution in [0.25, 0.3) is 0 Å². The van der Waals surface area contributed by atoms with Crippen LogP contribution >= 0.6 is 11.3 Å². The van der Waals surface area contributed by atoms with E-state index in [-0.39, 0.29) is 18.4 Å². The topological polar surface area (TPSA) is 65.5 Å². The number of halogens is 1. The maximum Gasteiger partial charge on any atom is 0.254 e. The number of aryl methyl sites for hydroxylation is 1. The zero-order valence-corrected chi connectivity index (χ0v) is 15.3. The van der Waals surface area contributed by atoms with E-state index in [1.54, 1.807) is 0 Å². The second-order valence-corrected chi connectivity index (χ2v) is 6.74. The third-order valence-electron chi connectivity index (χ3n) is 3.40. The van der Waals surface area contributed by atoms with Gasteiger partial charge in [-0.3, -0.25) is 9.59 Å². The number of likely N-dealkylation sites (N-methyl/N-ethyl adjacent to an activating group) is 1. The lowest BCUT2D eigenvalue weighted by atomic mass is 10.2. The lowest BCUT2D eigenvalue weighted by Gasteiger charge is -2.24. The van der Waals surface area contributed by atoms with E-state index in [1.165, 1.54) is 40.5 Å². The average Bonchev–Trinajstić information content (AvgIpc) is 2.96. The number of rotatable bonds is 7. The van der Waals surface area contributed by atoms with E-state index >= 15 is 0 Å². The number of amides is 2. The second-order valence-electron chi connectivity index (χ2n) is 5.88. The van der Waals surface area contributed by atoms with E-state index in [4.69, 9.17) is 0 Å². The first kappa shape index (κ1) is 19.0. The van der Waals surface area contributed by atoms with E-state index < -0.39 is 5.82 Å². The fourth-order valence-corrected chi connectivity index (χ4v) is 2.80. The van der Waals surface area contributed by atoms with Crippen molar-refractivity contribution in [2.24, 2.45) is 0 Å². The van der Waals surface area contributed by atoms with Crippen molar-refractivity contribution < 1.29 is 14.0 Å². The minimum atomic E-state index is -0.409. The predicted molar refractivity (Wildman–Crippen MR) is 96.3 cm³/mol. The molecular formula is C17H21FN4O2S. The summed E-state index contributed by atoms with van der Waals surface area (Å²) in [5, 5.41) is 5.04. The number of hydrogen-bond acceptors (Lipinski definition) is 5. The highest BCUT2D eigenvalue weighted by Crippen LogP contribution is 2.14. The largest absolute Gasteiger partial charge is 0.328 e. The highest BCUT2D eigenvalue weighted by molar-refractivity contribution is 7.13. The Hall–Kier alpha value is -2.32. The summed E-state index contributed by atoms with van der Waals surface area (Å²) in [5.74, 6) is -1.04. The maximum atomic E-state index is 13.1. The van der Waals surface area contributed by atoms with Crippen molar-refractivity contribution in [3.63, 3.8) is 0 Å². The molecular weight excluding hydrogens is 343 g/mol. The summed E-state index contributed by atoms with van der Waals surface area (Å²) in [4.78, 5) is 32.5. The SMILES string of the molecule is Cc1csc(NC(=O)CN(CCN(C)C)C(=O)c2ccc(F)cc2)n1. The van der Waals surface area contributed by atoms with E-state index in [1.807, 2.05) is 31.3 Å². The van der Waals surface area contributed by atoms with Crippen LogP contribution < -0.4 is 5.32 Å². The standard InChI is InChI=1S/C17H21FN4O2S/c1-12-11-25-17(19-12)20-15(23)10-22(9-8-21(2)3)16(24)13-4-6-14(18)7-5-13/h4-7,11H,8-10H2,1-3H3,(H,19,20,23). The van der Waals surface area contributed by atoms with Gasteiger partial charge in [0.1, 0.15) is 12.4 Å². The van der Waals surface area contributed by atoms with Gasteiger partial charge >= 0.3 is 0 Å². The number of thiazole rings is 1. The van der Waals surface area contributed by atoms with Crippen LogP contribution in [0.4, 0.5) is 9.52 Å². The summed E-state index contributed by atoms with van der Waals surface area (Å²) < 4.78 is 13.1. The molecule has 2 amide bonds. The second kappa shape index (κ2) is 8.68. The Morgan fingerprint density at radius 2 is 1.88 bits per heavy atom. The first-order chi connectivity index (χ1) is 11.8. The number of benzene rings is 1. The molecule has 1 N–H and O–H groups in total. The number of nitrogens with zero attached hydrogens (tertiary/aromatic N) is 3. The first-order valence-electron chi connectivity index (χ1n) is 7.76. The summed E-state index contributed by atoms with van der Waals surface area (Å²) >= 11 is 1.33. The molecule has 0 bridgehead atoms. The Morgan fingerprint density at radius 1 is 1.20 bits per heavy atom. The molecule has 0 saturated carbocycles. The smallest absolute Gasteiger partial charge is 0.254 e. The lowest BCUT2D eigenvalue weighted by Crippen LogP contribution is -2.41. The summed E-state index contributed by atoms with van der Waals surface area (Å²) in [6.45, 7) is 2.74. The van der Waals surface area contributed by atoms with Crippen LogP contribution in [0.2, 0.25) is 0 Å². The molecule has 1 heterocycles. The molecule has 0 radical (unpaired) electrons. The van der Waals surface area contributed by atoms with Crippen molar-refractivity contribution in [1.29, 1.82) is 0 Å². The molecule has 2 rings (SSSR count). The summed E-state index contributed by atoms with van der Waals surface area (Å²) in [5.41, 5.74) is 1.17. The summed E-state index contributed by atoms with van der Waals surface area (Å²) in [7, 11) is 3.78. The van der Waals surface area contributed by atoms with Gasteiger partial charge in [0.2, 0.25) is 5.91 Å². The van der Waals surface area contributed by atoms with Gasteiger partial charge in [-0.25, -0.2) is 9.37 Å². The average molecular weight is 364 g/mol. The minimum Gasteiger partial charge on any atom is -0.328 e. The third kappa shape index (κ3) is 5.91. The van der Waals surface area contributed by atoms with E-state index in [0.717, 1.165) is 5.69 Å². The van der Waals surface area contributed by atoms with Crippen LogP contribution in [0, 0.1) is 12.7 Å². The molecule has 2 aromatic rings. The Balaban J connectivity index is 2.07. The monoisotopic (exact) mass is 364 g/mol. The van der Waals surface area contributed by atoms with E-state index in [9.17, 15) is 14.0 Å². The van der Waals surface area contributed by atoms with Crippen LogP contribution in [0.1, 0.15) is 16.1 Å². The van der Waals surface area contributed by atoms with Gasteiger partial charge in [-0.05, 0) is 45.3 Å². The Bertz CT molecular complexity index is 731. The van der Waals surface area contributed by atoms with Crippen molar-refractivity contribution in [1.82, 2.24) is 14.8 Å². The lowest BCUT2D eigenvalue weighted by molar-refractivity contribution is -0.116. The van der Waals surface area contributed by atoms with E-state index in [2.05, 4.69) is 10.3 Å². The number of nitrogens with one attached hydrogen (secondary N) is 1. The molecule has 0 saturated heterocycles. The zero-order valence-electron chi connectivity index (χ0n) is 14.5. The first-order valence-corrected chi connectivity index (χ1v) is 8.64. The third-order valence-corrected chi connectivity index (χ3v) is 4.27. The van der Waals surface area contributed by atoms with Gasteiger partial charge in [-0.1, -0.05) is 0 Å². The van der Waals surface area contributed by atoms with Crippen LogP contribution in [0.5, 0.6) is 0 Å². The highest BCUT2D eigenvalue weighted by Gasteiger charge is 2.19. The number of carbonyl (C=O) groups is 2. The van der Waals surface area contributed by atoms with E-state index in [0.29, 0.717) is 23.8 Å². The number of hydrogen-bond donors (Lipinski definition) is 1. The van der Waals surface area contributed by atoms with Crippen molar-refractivity contribution in [2.75, 3.05) is 39.0 Å². The predicted octanol–water partition coefficient (Wildman–Crippen LogP) is 2.23. The summed E-state index contributed by atoms with van der Waals surface area (Å²) in [6.07, 6.45) is 0. The van der Waals surface area contributed by atoms with Crippen molar-refractivity contribution in [3.05, 3.63) is 46.7 Å². The molecule has 0 aliphatic heterocycles. The van der Waals surface area contributed by atoms with Gasteiger partial charge in [-0.15, -0.1) is 11.3 Å². The molecule has 6 nitrogen and oxygen atoms in total. The van der Waals surface area contributed by atoms with Crippen molar-refractivity contribution in [2.45, 2.75) is 6.92 Å². The number of carbonyl (C=O) groups excluding carboxylic acids is 2. The van der Waals surface area contributed by atoms with Crippen LogP contribution in [0.15, 0.2) is 29.6 Å². The Kier molecular flexibility index (Phi) is 6.60. The van der Waals surface area contributed by atoms with Crippen molar-refractivity contribution in [3.8, 4) is 0 Å². The normalized spacial score (nSPS) is 10.8. The van der Waals surface area contributed by atoms with Gasteiger partial charge < -0.3 is 15.1 Å². The molecule has 0 aliphatic rings. The maximum absolute atomic E-state index is 13.1. The molecule has 25 heavy (non-hydrogen) atoms. The summed E-state index contributed by atoms with van der Waals surface area (Å²) in [6, 6.07) is 5.30. The molecule has 0 unspecified atom stereocenters. The van der Waals surface area contributed by atoms with Gasteiger partial charge in [0.25, 0.3) is 5.91 Å². The van der Waals surface area contributed by atoms with Gasteiger partial charge in [0, 0.05) is 24.0 Å². The minimum absolute atomic E-state index is 0.0946. The van der Waals surface area contributed by atoms with Gasteiger partial charge in [-0.2, -0.15) is 0 Å². The van der Waals surface area contributed by atoms with Crippen LogP contribution in [-0.2, 0) is 4.79 Å².